The number of carbonyl (C=O) groups excluding carboxylic acids is 1. The van der Waals surface area contributed by atoms with E-state index in [1.54, 1.807) is 6.07 Å². The number of hydrogen-bond acceptors (Lipinski definition) is 4. The fourth-order valence-electron chi connectivity index (χ4n) is 3.09. The lowest BCUT2D eigenvalue weighted by molar-refractivity contribution is 0.102. The quantitative estimate of drug-likeness (QED) is 0.476. The zero-order valence-electron chi connectivity index (χ0n) is 16.0. The van der Waals surface area contributed by atoms with E-state index in [0.717, 1.165) is 28.4 Å². The van der Waals surface area contributed by atoms with Crippen LogP contribution in [0.25, 0.3) is 22.2 Å². The van der Waals surface area contributed by atoms with Crippen molar-refractivity contribution in [3.05, 3.63) is 89.4 Å². The predicted molar refractivity (Wildman–Crippen MR) is 120 cm³/mol. The van der Waals surface area contributed by atoms with Crippen LogP contribution in [0, 0.1) is 0 Å². The van der Waals surface area contributed by atoms with Gasteiger partial charge < -0.3 is 5.32 Å². The first-order chi connectivity index (χ1) is 14.3. The van der Waals surface area contributed by atoms with Crippen LogP contribution in [0.2, 0.25) is 5.02 Å². The van der Waals surface area contributed by atoms with Gasteiger partial charge >= 0.3 is 0 Å². The van der Waals surface area contributed by atoms with Crippen LogP contribution in [0.1, 0.15) is 10.4 Å². The molecular formula is C23H17ClN2O3S. The molecule has 30 heavy (non-hydrogen) atoms. The molecule has 0 spiro atoms. The van der Waals surface area contributed by atoms with Crippen LogP contribution < -0.4 is 5.32 Å². The molecule has 0 bridgehead atoms. The maximum atomic E-state index is 12.7. The standard InChI is InChI=1S/C23H17ClN2O3S/c1-30(28,29)18-10-11-19(20(24)14-18)23(27)25-17-7-4-6-16(13-17)22-12-9-15-5-2-3-8-21(15)26-22/h2-14H,1H3,(H,25,27). The number of carbonyl (C=O) groups is 1. The third-order valence-electron chi connectivity index (χ3n) is 4.63. The lowest BCUT2D eigenvalue weighted by atomic mass is 10.1. The maximum absolute atomic E-state index is 12.7. The Labute approximate surface area is 179 Å². The lowest BCUT2D eigenvalue weighted by Gasteiger charge is -2.10. The number of amides is 1. The Balaban J connectivity index is 1.60. The number of sulfone groups is 1. The highest BCUT2D eigenvalue weighted by Gasteiger charge is 2.15. The molecule has 1 heterocycles. The molecule has 4 rings (SSSR count). The number of aromatic nitrogens is 1. The number of anilines is 1. The molecule has 1 N–H and O–H groups in total. The molecule has 0 atom stereocenters. The summed E-state index contributed by atoms with van der Waals surface area (Å²) in [5.41, 5.74) is 3.31. The summed E-state index contributed by atoms with van der Waals surface area (Å²) in [5, 5.41) is 3.93. The van der Waals surface area contributed by atoms with E-state index in [1.807, 2.05) is 54.6 Å². The largest absolute Gasteiger partial charge is 0.322 e. The van der Waals surface area contributed by atoms with Gasteiger partial charge in [0.15, 0.2) is 9.84 Å². The van der Waals surface area contributed by atoms with Gasteiger partial charge in [0.2, 0.25) is 0 Å². The number of halogens is 1. The normalized spacial score (nSPS) is 11.4. The lowest BCUT2D eigenvalue weighted by Crippen LogP contribution is -2.13. The number of rotatable bonds is 4. The summed E-state index contributed by atoms with van der Waals surface area (Å²) in [7, 11) is -3.40. The van der Waals surface area contributed by atoms with Crippen molar-refractivity contribution in [1.82, 2.24) is 4.98 Å². The van der Waals surface area contributed by atoms with Crippen LogP contribution in [0.4, 0.5) is 5.69 Å². The van der Waals surface area contributed by atoms with Crippen molar-refractivity contribution >= 4 is 43.9 Å². The Hall–Kier alpha value is -3.22. The van der Waals surface area contributed by atoms with Crippen LogP contribution in [0.15, 0.2) is 83.8 Å². The molecule has 0 aliphatic carbocycles. The summed E-state index contributed by atoms with van der Waals surface area (Å²) in [5.74, 6) is -0.427. The zero-order chi connectivity index (χ0) is 21.3. The Morgan fingerprint density at radius 2 is 1.73 bits per heavy atom. The Bertz CT molecular complexity index is 1380. The van der Waals surface area contributed by atoms with Gasteiger partial charge in [-0.3, -0.25) is 4.79 Å². The van der Waals surface area contributed by atoms with Crippen LogP contribution in [0.3, 0.4) is 0 Å². The number of para-hydroxylation sites is 1. The molecule has 1 amide bonds. The monoisotopic (exact) mass is 436 g/mol. The van der Waals surface area contributed by atoms with Gasteiger partial charge in [0.05, 0.1) is 26.7 Å². The molecule has 4 aromatic rings. The minimum Gasteiger partial charge on any atom is -0.322 e. The number of nitrogens with one attached hydrogen (secondary N) is 1. The number of nitrogens with zero attached hydrogens (tertiary/aromatic N) is 1. The van der Waals surface area contributed by atoms with Crippen LogP contribution in [-0.2, 0) is 9.84 Å². The molecule has 0 radical (unpaired) electrons. The van der Waals surface area contributed by atoms with Crippen molar-refractivity contribution in [3.63, 3.8) is 0 Å². The van der Waals surface area contributed by atoms with Crippen LogP contribution in [0.5, 0.6) is 0 Å². The second kappa shape index (κ2) is 7.89. The van der Waals surface area contributed by atoms with Gasteiger partial charge in [0, 0.05) is 22.9 Å². The molecule has 0 aliphatic heterocycles. The average molecular weight is 437 g/mol. The Morgan fingerprint density at radius 1 is 0.933 bits per heavy atom. The Kier molecular flexibility index (Phi) is 5.28. The van der Waals surface area contributed by atoms with E-state index < -0.39 is 15.7 Å². The molecule has 0 aliphatic rings. The zero-order valence-corrected chi connectivity index (χ0v) is 17.5. The predicted octanol–water partition coefficient (Wildman–Crippen LogP) is 5.21. The SMILES string of the molecule is CS(=O)(=O)c1ccc(C(=O)Nc2cccc(-c3ccc4ccccc4n3)c2)c(Cl)c1. The first-order valence-electron chi connectivity index (χ1n) is 9.08. The van der Waals surface area contributed by atoms with Crippen LogP contribution in [-0.4, -0.2) is 25.6 Å². The maximum Gasteiger partial charge on any atom is 0.257 e. The molecule has 3 aromatic carbocycles. The third kappa shape index (κ3) is 4.20. The van der Waals surface area contributed by atoms with E-state index in [-0.39, 0.29) is 15.5 Å². The van der Waals surface area contributed by atoms with Crippen molar-refractivity contribution in [1.29, 1.82) is 0 Å². The highest BCUT2D eigenvalue weighted by molar-refractivity contribution is 7.90. The van der Waals surface area contributed by atoms with Gasteiger partial charge in [-0.25, -0.2) is 13.4 Å². The van der Waals surface area contributed by atoms with E-state index in [9.17, 15) is 13.2 Å². The number of fused-ring (bicyclic) bond motifs is 1. The second-order valence-corrected chi connectivity index (χ2v) is 9.26. The molecule has 0 saturated carbocycles. The van der Waals surface area contributed by atoms with Crippen molar-refractivity contribution in [3.8, 4) is 11.3 Å². The summed E-state index contributed by atoms with van der Waals surface area (Å²) in [4.78, 5) is 17.4. The van der Waals surface area contributed by atoms with Gasteiger partial charge in [0.25, 0.3) is 5.91 Å². The van der Waals surface area contributed by atoms with Crippen LogP contribution >= 0.6 is 11.6 Å². The molecule has 5 nitrogen and oxygen atoms in total. The number of hydrogen-bond donors (Lipinski definition) is 1. The summed E-state index contributed by atoms with van der Waals surface area (Å²) in [6.07, 6.45) is 1.09. The first-order valence-corrected chi connectivity index (χ1v) is 11.4. The number of pyridine rings is 1. The van der Waals surface area contributed by atoms with E-state index >= 15 is 0 Å². The third-order valence-corrected chi connectivity index (χ3v) is 6.05. The summed E-state index contributed by atoms with van der Waals surface area (Å²) in [6, 6.07) is 23.2. The van der Waals surface area contributed by atoms with Crippen molar-refractivity contribution in [2.75, 3.05) is 11.6 Å². The topological polar surface area (TPSA) is 76.1 Å². The molecule has 0 unspecified atom stereocenters. The van der Waals surface area contributed by atoms with E-state index in [4.69, 9.17) is 11.6 Å². The highest BCUT2D eigenvalue weighted by Crippen LogP contribution is 2.25. The molecule has 0 fully saturated rings. The summed E-state index contributed by atoms with van der Waals surface area (Å²) >= 11 is 6.14. The molecule has 7 heteroatoms. The smallest absolute Gasteiger partial charge is 0.257 e. The van der Waals surface area contributed by atoms with Crippen molar-refractivity contribution < 1.29 is 13.2 Å². The van der Waals surface area contributed by atoms with Gasteiger partial charge in [-0.2, -0.15) is 0 Å². The molecule has 150 valence electrons. The Morgan fingerprint density at radius 3 is 2.50 bits per heavy atom. The average Bonchev–Trinajstić information content (AvgIpc) is 2.72. The fraction of sp³-hybridized carbons (Fsp3) is 0.0435. The second-order valence-electron chi connectivity index (χ2n) is 6.84. The molecule has 1 aromatic heterocycles. The van der Waals surface area contributed by atoms with Gasteiger partial charge in [-0.05, 0) is 42.5 Å². The minimum atomic E-state index is -3.40. The van der Waals surface area contributed by atoms with E-state index in [0.29, 0.717) is 5.69 Å². The van der Waals surface area contributed by atoms with Gasteiger partial charge in [-0.1, -0.05) is 48.0 Å². The van der Waals surface area contributed by atoms with E-state index in [2.05, 4.69) is 10.3 Å². The van der Waals surface area contributed by atoms with Gasteiger partial charge in [0.1, 0.15) is 0 Å². The molecule has 0 saturated heterocycles. The molecular weight excluding hydrogens is 420 g/mol. The first kappa shape index (κ1) is 20.1. The van der Waals surface area contributed by atoms with Crippen molar-refractivity contribution in [2.24, 2.45) is 0 Å². The van der Waals surface area contributed by atoms with Gasteiger partial charge in [-0.15, -0.1) is 0 Å². The minimum absolute atomic E-state index is 0.0634. The summed E-state index contributed by atoms with van der Waals surface area (Å²) in [6.45, 7) is 0. The fourth-order valence-corrected chi connectivity index (χ4v) is 4.07. The summed E-state index contributed by atoms with van der Waals surface area (Å²) < 4.78 is 23.3. The highest BCUT2D eigenvalue weighted by atomic mass is 35.5. The van der Waals surface area contributed by atoms with Crippen molar-refractivity contribution in [2.45, 2.75) is 4.90 Å². The number of benzene rings is 3. The van der Waals surface area contributed by atoms with E-state index in [1.165, 1.54) is 18.2 Å².